The zero-order chi connectivity index (χ0) is 8.43. The lowest BCUT2D eigenvalue weighted by Crippen LogP contribution is -1.99. The van der Waals surface area contributed by atoms with Crippen molar-refractivity contribution in [3.63, 3.8) is 0 Å². The predicted molar refractivity (Wildman–Crippen MR) is 57.0 cm³/mol. The Kier molecular flexibility index (Phi) is 4.24. The van der Waals surface area contributed by atoms with Gasteiger partial charge in [-0.1, -0.05) is 6.08 Å². The third-order valence-electron chi connectivity index (χ3n) is 1.96. The molecule has 68 valence electrons. The minimum Gasteiger partial charge on any atom is -0.328 e. The first-order valence-corrected chi connectivity index (χ1v) is 3.78. The third kappa shape index (κ3) is 1.97. The highest BCUT2D eigenvalue weighted by Crippen LogP contribution is 2.08. The summed E-state index contributed by atoms with van der Waals surface area (Å²) in [6, 6.07) is 0. The maximum absolute atomic E-state index is 4.34. The monoisotopic (exact) mass is 230 g/mol. The van der Waals surface area contributed by atoms with Gasteiger partial charge in [-0.3, -0.25) is 0 Å². The van der Waals surface area contributed by atoms with Crippen molar-refractivity contribution < 1.29 is 0 Å². The maximum atomic E-state index is 4.34. The zero-order valence-corrected chi connectivity index (χ0v) is 9.51. The summed E-state index contributed by atoms with van der Waals surface area (Å²) in [4.78, 5) is 4.34. The van der Waals surface area contributed by atoms with Gasteiger partial charge in [-0.25, -0.2) is 4.98 Å². The number of nitrogens with zero attached hydrogens (tertiary/aromatic N) is 2. The maximum Gasteiger partial charge on any atom is 0.106 e. The van der Waals surface area contributed by atoms with Gasteiger partial charge in [0.05, 0.1) is 5.69 Å². The topological polar surface area (TPSA) is 17.8 Å². The van der Waals surface area contributed by atoms with Crippen molar-refractivity contribution >= 4 is 17.0 Å². The highest BCUT2D eigenvalue weighted by molar-refractivity contribution is 8.93. The summed E-state index contributed by atoms with van der Waals surface area (Å²) in [7, 11) is 0. The average molecular weight is 231 g/mol. The Labute approximate surface area is 84.1 Å². The van der Waals surface area contributed by atoms with E-state index in [1.165, 1.54) is 5.69 Å². The van der Waals surface area contributed by atoms with E-state index in [4.69, 9.17) is 0 Å². The highest BCUT2D eigenvalue weighted by Gasteiger charge is 2.03. The molecular weight excluding hydrogens is 216 g/mol. The average Bonchev–Trinajstić information content (AvgIpc) is 2.17. The fourth-order valence-electron chi connectivity index (χ4n) is 1.22. The van der Waals surface area contributed by atoms with Crippen LogP contribution in [0.25, 0.3) is 0 Å². The Morgan fingerprint density at radius 1 is 1.42 bits per heavy atom. The fourth-order valence-corrected chi connectivity index (χ4v) is 1.22. The van der Waals surface area contributed by atoms with Gasteiger partial charge in [0.15, 0.2) is 0 Å². The van der Waals surface area contributed by atoms with Gasteiger partial charge in [0.25, 0.3) is 0 Å². The van der Waals surface area contributed by atoms with Gasteiger partial charge in [-0.2, -0.15) is 0 Å². The summed E-state index contributed by atoms with van der Waals surface area (Å²) in [5, 5.41) is 0. The Morgan fingerprint density at radius 3 is 2.33 bits per heavy atom. The second-order valence-corrected chi connectivity index (χ2v) is 2.73. The van der Waals surface area contributed by atoms with Crippen LogP contribution in [0, 0.1) is 20.8 Å². The van der Waals surface area contributed by atoms with E-state index in [1.807, 2.05) is 19.9 Å². The van der Waals surface area contributed by atoms with Gasteiger partial charge < -0.3 is 4.57 Å². The van der Waals surface area contributed by atoms with Crippen molar-refractivity contribution in [1.29, 1.82) is 0 Å². The van der Waals surface area contributed by atoms with Crippen LogP contribution in [0.5, 0.6) is 0 Å². The summed E-state index contributed by atoms with van der Waals surface area (Å²) >= 11 is 0. The van der Waals surface area contributed by atoms with Crippen LogP contribution in [-0.4, -0.2) is 9.55 Å². The molecule has 3 heteroatoms. The first-order chi connectivity index (χ1) is 5.16. The van der Waals surface area contributed by atoms with Crippen LogP contribution in [-0.2, 0) is 6.54 Å². The first kappa shape index (κ1) is 11.4. The van der Waals surface area contributed by atoms with Crippen LogP contribution in [0.1, 0.15) is 17.2 Å². The lowest BCUT2D eigenvalue weighted by atomic mass is 10.4. The number of hydrogen-bond acceptors (Lipinski definition) is 1. The minimum absolute atomic E-state index is 0. The summed E-state index contributed by atoms with van der Waals surface area (Å²) in [5.41, 5.74) is 2.35. The van der Waals surface area contributed by atoms with Crippen LogP contribution in [0.3, 0.4) is 0 Å². The number of rotatable bonds is 2. The highest BCUT2D eigenvalue weighted by atomic mass is 79.9. The van der Waals surface area contributed by atoms with Crippen LogP contribution in [0.4, 0.5) is 0 Å². The Hall–Kier alpha value is -0.570. The van der Waals surface area contributed by atoms with Crippen LogP contribution in [0.2, 0.25) is 0 Å². The van der Waals surface area contributed by atoms with E-state index in [2.05, 4.69) is 23.1 Å². The van der Waals surface area contributed by atoms with E-state index >= 15 is 0 Å². The van der Waals surface area contributed by atoms with Gasteiger partial charge in [0, 0.05) is 12.2 Å². The number of aryl methyl sites for hydroxylation is 2. The van der Waals surface area contributed by atoms with Crippen molar-refractivity contribution in [2.24, 2.45) is 0 Å². The van der Waals surface area contributed by atoms with Gasteiger partial charge in [0.2, 0.25) is 0 Å². The Balaban J connectivity index is 0.00000121. The number of imidazole rings is 1. The van der Waals surface area contributed by atoms with Gasteiger partial charge in [0.1, 0.15) is 5.82 Å². The van der Waals surface area contributed by atoms with Crippen LogP contribution < -0.4 is 0 Å². The van der Waals surface area contributed by atoms with Crippen LogP contribution in [0.15, 0.2) is 12.7 Å². The van der Waals surface area contributed by atoms with E-state index in [-0.39, 0.29) is 17.0 Å². The molecule has 0 aliphatic rings. The molecule has 0 saturated carbocycles. The van der Waals surface area contributed by atoms with Gasteiger partial charge >= 0.3 is 0 Å². The molecule has 1 heterocycles. The van der Waals surface area contributed by atoms with Crippen molar-refractivity contribution in [3.05, 3.63) is 29.9 Å². The SMILES string of the molecule is Br.C=CCn1c(C)nc(C)c1C. The largest absolute Gasteiger partial charge is 0.328 e. The molecule has 0 fully saturated rings. The van der Waals surface area contributed by atoms with E-state index in [0.29, 0.717) is 0 Å². The third-order valence-corrected chi connectivity index (χ3v) is 1.96. The normalized spacial score (nSPS) is 9.25. The molecule has 0 amide bonds. The molecule has 0 atom stereocenters. The lowest BCUT2D eigenvalue weighted by molar-refractivity contribution is 0.756. The van der Waals surface area contributed by atoms with E-state index in [9.17, 15) is 0 Å². The fraction of sp³-hybridized carbons (Fsp3) is 0.444. The molecular formula is C9H15BrN2. The Morgan fingerprint density at radius 2 is 2.00 bits per heavy atom. The van der Waals surface area contributed by atoms with Crippen molar-refractivity contribution in [2.45, 2.75) is 27.3 Å². The lowest BCUT2D eigenvalue weighted by Gasteiger charge is -2.02. The molecule has 0 aliphatic heterocycles. The quantitative estimate of drug-likeness (QED) is 0.715. The first-order valence-electron chi connectivity index (χ1n) is 3.78. The molecule has 0 aliphatic carbocycles. The van der Waals surface area contributed by atoms with E-state index in [0.717, 1.165) is 18.1 Å². The molecule has 1 aromatic heterocycles. The molecule has 12 heavy (non-hydrogen) atoms. The molecule has 0 N–H and O–H groups in total. The molecule has 2 nitrogen and oxygen atoms in total. The summed E-state index contributed by atoms with van der Waals surface area (Å²) in [6.45, 7) is 10.7. The predicted octanol–water partition coefficient (Wildman–Crippen LogP) is 2.57. The number of hydrogen-bond donors (Lipinski definition) is 0. The van der Waals surface area contributed by atoms with Crippen molar-refractivity contribution in [3.8, 4) is 0 Å². The number of halogens is 1. The smallest absolute Gasteiger partial charge is 0.106 e. The Bertz CT molecular complexity index is 276. The molecule has 0 aromatic carbocycles. The summed E-state index contributed by atoms with van der Waals surface area (Å²) in [5.74, 6) is 1.07. The molecule has 1 aromatic rings. The van der Waals surface area contributed by atoms with Crippen molar-refractivity contribution in [2.75, 3.05) is 0 Å². The second kappa shape index (κ2) is 4.45. The molecule has 0 unspecified atom stereocenters. The van der Waals surface area contributed by atoms with Gasteiger partial charge in [-0.15, -0.1) is 23.6 Å². The summed E-state index contributed by atoms with van der Waals surface area (Å²) in [6.07, 6.45) is 1.89. The number of aromatic nitrogens is 2. The van der Waals surface area contributed by atoms with Gasteiger partial charge in [-0.05, 0) is 20.8 Å². The number of allylic oxidation sites excluding steroid dienone is 1. The molecule has 0 spiro atoms. The summed E-state index contributed by atoms with van der Waals surface area (Å²) < 4.78 is 2.16. The van der Waals surface area contributed by atoms with E-state index < -0.39 is 0 Å². The molecule has 0 saturated heterocycles. The zero-order valence-electron chi connectivity index (χ0n) is 7.79. The molecule has 1 rings (SSSR count). The van der Waals surface area contributed by atoms with Crippen LogP contribution >= 0.6 is 17.0 Å². The molecule has 0 bridgehead atoms. The second-order valence-electron chi connectivity index (χ2n) is 2.73. The minimum atomic E-state index is 0. The standard InChI is InChI=1S/C9H14N2.BrH/c1-5-6-11-8(3)7(2)10-9(11)4;/h5H,1,6H2,2-4H3;1H. The van der Waals surface area contributed by atoms with Crippen molar-refractivity contribution in [1.82, 2.24) is 9.55 Å². The molecule has 0 radical (unpaired) electrons. The van der Waals surface area contributed by atoms with E-state index in [1.54, 1.807) is 0 Å².